The number of esters is 2. The molecule has 0 aromatic rings. The van der Waals surface area contributed by atoms with Crippen LogP contribution in [0.5, 0.6) is 0 Å². The molecule has 1 unspecified atom stereocenters. The lowest BCUT2D eigenvalue weighted by atomic mass is 9.78. The van der Waals surface area contributed by atoms with Crippen LogP contribution in [-0.4, -0.2) is 156 Å². The van der Waals surface area contributed by atoms with Gasteiger partial charge in [-0.05, 0) is 107 Å². The Balaban J connectivity index is 1.67. The zero-order valence-electron chi connectivity index (χ0n) is 44.6. The molecule has 15 atom stereocenters. The predicted octanol–water partition coefficient (Wildman–Crippen LogP) is 5.33. The number of aliphatic hydroxyl groups is 4. The van der Waals surface area contributed by atoms with Crippen LogP contribution in [0.4, 0.5) is 0 Å². The fourth-order valence-electron chi connectivity index (χ4n) is 10.5. The minimum absolute atomic E-state index is 0.00370. The van der Waals surface area contributed by atoms with Gasteiger partial charge in [0.15, 0.2) is 11.6 Å². The topological polar surface area (TPSA) is 242 Å². The number of amides is 1. The average Bonchev–Trinajstić information content (AvgIpc) is 3.86. The first kappa shape index (κ1) is 60.6. The van der Waals surface area contributed by atoms with Gasteiger partial charge in [0.2, 0.25) is 5.79 Å². The molecule has 4 aliphatic rings. The molecule has 1 aliphatic carbocycles. The second-order valence-electron chi connectivity index (χ2n) is 21.5. The van der Waals surface area contributed by atoms with Gasteiger partial charge >= 0.3 is 11.9 Å². The molecule has 1 saturated carbocycles. The molecule has 72 heavy (non-hydrogen) atoms. The van der Waals surface area contributed by atoms with Crippen molar-refractivity contribution in [3.05, 3.63) is 47.6 Å². The number of Topliss-reactive ketones (excluding diaryl/α,β-unsaturated/α-hetero) is 3. The van der Waals surface area contributed by atoms with Gasteiger partial charge < -0.3 is 53.7 Å². The number of ketones is 3. The van der Waals surface area contributed by atoms with E-state index in [0.717, 1.165) is 10.5 Å². The molecule has 4 rings (SSSR count). The van der Waals surface area contributed by atoms with Gasteiger partial charge in [0.1, 0.15) is 29.8 Å². The van der Waals surface area contributed by atoms with E-state index >= 15 is 0 Å². The van der Waals surface area contributed by atoms with E-state index in [1.54, 1.807) is 40.9 Å². The molecule has 2 saturated heterocycles. The number of methoxy groups -OCH3 is 3. The van der Waals surface area contributed by atoms with E-state index in [0.29, 0.717) is 57.8 Å². The normalized spacial score (nSPS) is 35.3. The first-order chi connectivity index (χ1) is 34.0. The van der Waals surface area contributed by atoms with Crippen LogP contribution in [0.25, 0.3) is 0 Å². The summed E-state index contributed by atoms with van der Waals surface area (Å²) in [6.45, 7) is 12.7. The minimum atomic E-state index is -2.46. The van der Waals surface area contributed by atoms with Crippen molar-refractivity contribution in [2.24, 2.45) is 40.9 Å². The van der Waals surface area contributed by atoms with Crippen LogP contribution in [-0.2, 0) is 57.2 Å². The summed E-state index contributed by atoms with van der Waals surface area (Å²) in [6.07, 6.45) is 9.14. The van der Waals surface area contributed by atoms with E-state index in [1.165, 1.54) is 21.1 Å². The number of fused-ring (bicyclic) bond motifs is 3. The fraction of sp³-hybridized carbons (Fsp3) is 0.745. The lowest BCUT2D eigenvalue weighted by Crippen LogP contribution is -2.59. The van der Waals surface area contributed by atoms with Gasteiger partial charge in [-0.15, -0.1) is 0 Å². The Morgan fingerprint density at radius 2 is 1.58 bits per heavy atom. The number of cyclic esters (lactones) is 1. The molecule has 406 valence electrons. The summed E-state index contributed by atoms with van der Waals surface area (Å²) in [6, 6.07) is -1.19. The minimum Gasteiger partial charge on any atom is -0.460 e. The van der Waals surface area contributed by atoms with Gasteiger partial charge in [-0.3, -0.25) is 24.0 Å². The van der Waals surface area contributed by atoms with Crippen molar-refractivity contribution >= 4 is 35.2 Å². The molecule has 3 aliphatic heterocycles. The van der Waals surface area contributed by atoms with E-state index in [2.05, 4.69) is 0 Å². The van der Waals surface area contributed by atoms with Gasteiger partial charge in [0.05, 0.1) is 37.6 Å². The molecular formula is C55H85NO16. The Labute approximate surface area is 426 Å². The summed E-state index contributed by atoms with van der Waals surface area (Å²) in [7, 11) is 4.43. The Bertz CT molecular complexity index is 1990. The summed E-state index contributed by atoms with van der Waals surface area (Å²) < 4.78 is 35.3. The standard InChI is InChI=1S/C55H85NO16/c1-32-16-13-12-14-17-33(2)44(67-9)28-40-21-19-38(7)55(66,72-40)50(62)51(63)56-23-15-18-41(56)52(64)70-45(29-42(59)34(3)25-37(6)48(61)49(69-11)47(60)36(5)24-32)35(4)26-39-20-22-43(46(27-39)68-10)71-53(65)54(8,30-57)31-58/h12-14,16-17,25,32,35-41,43-46,48-49,57-58,61,66H,15,18-24,26-31H2,1-11H3/t32-,35-,36-,37?,38-,39+,40+,41+,43-,44+,45+,46-,48-,49+,55-/m1/s1. The highest BCUT2D eigenvalue weighted by Gasteiger charge is 2.53. The largest absolute Gasteiger partial charge is 0.460 e. The zero-order valence-corrected chi connectivity index (χ0v) is 44.6. The molecular weight excluding hydrogens is 931 g/mol. The average molecular weight is 1020 g/mol. The first-order valence-corrected chi connectivity index (χ1v) is 25.9. The highest BCUT2D eigenvalue weighted by atomic mass is 16.6. The van der Waals surface area contributed by atoms with Crippen LogP contribution in [0.2, 0.25) is 0 Å². The molecule has 4 N–H and O–H groups in total. The smallest absolute Gasteiger partial charge is 0.329 e. The first-order valence-electron chi connectivity index (χ1n) is 25.9. The molecule has 0 radical (unpaired) electrons. The van der Waals surface area contributed by atoms with Crippen molar-refractivity contribution in [2.45, 2.75) is 181 Å². The summed E-state index contributed by atoms with van der Waals surface area (Å²) in [4.78, 5) is 84.8. The van der Waals surface area contributed by atoms with Crippen molar-refractivity contribution in [2.75, 3.05) is 41.1 Å². The maximum absolute atomic E-state index is 14.4. The molecule has 17 heteroatoms. The summed E-state index contributed by atoms with van der Waals surface area (Å²) in [5, 5.41) is 43.0. The second kappa shape index (κ2) is 27.6. The summed E-state index contributed by atoms with van der Waals surface area (Å²) in [5.41, 5.74) is -0.364. The Hall–Kier alpha value is -3.94. The quantitative estimate of drug-likeness (QED) is 0.160. The van der Waals surface area contributed by atoms with E-state index in [9.17, 15) is 49.2 Å². The molecule has 1 amide bonds. The van der Waals surface area contributed by atoms with Crippen molar-refractivity contribution in [3.8, 4) is 0 Å². The van der Waals surface area contributed by atoms with E-state index in [4.69, 9.17) is 28.4 Å². The number of nitrogens with zero attached hydrogens (tertiary/aromatic N) is 1. The molecule has 3 fully saturated rings. The predicted molar refractivity (Wildman–Crippen MR) is 267 cm³/mol. The number of carbonyl (C=O) groups excluding carboxylic acids is 6. The third-order valence-corrected chi connectivity index (χ3v) is 15.7. The van der Waals surface area contributed by atoms with E-state index < -0.39 is 120 Å². The Kier molecular flexibility index (Phi) is 23.2. The molecule has 2 bridgehead atoms. The number of hydrogen-bond acceptors (Lipinski definition) is 16. The van der Waals surface area contributed by atoms with Gasteiger partial charge in [-0.2, -0.15) is 0 Å². The van der Waals surface area contributed by atoms with Crippen LogP contribution in [0.1, 0.15) is 126 Å². The third kappa shape index (κ3) is 15.3. The highest BCUT2D eigenvalue weighted by Crippen LogP contribution is 2.38. The second-order valence-corrected chi connectivity index (χ2v) is 21.5. The van der Waals surface area contributed by atoms with Crippen molar-refractivity contribution in [3.63, 3.8) is 0 Å². The number of aliphatic hydroxyl groups excluding tert-OH is 3. The monoisotopic (exact) mass is 1020 g/mol. The van der Waals surface area contributed by atoms with Crippen LogP contribution in [0.3, 0.4) is 0 Å². The SMILES string of the molecule is CO[C@H]1C[C@@H]2CC[C@@H](C)[C@@](O)(O2)C(=O)C(=O)N2CCC[C@H]2C(=O)O[C@H]([C@H](C)C[C@@H]2CC[C@@H](OC(=O)C(C)(CO)CO)[C@H](OC)C2)CC(=O)C(C)=CC(C)[C@@H](O)[C@@H](OC)C(=O)[C@H](C)C[C@H](C)C=CC=CC=C1C. The maximum atomic E-state index is 14.4. The lowest BCUT2D eigenvalue weighted by molar-refractivity contribution is -0.265. The van der Waals surface area contributed by atoms with Gasteiger partial charge in [-0.1, -0.05) is 71.1 Å². The van der Waals surface area contributed by atoms with Gasteiger partial charge in [-0.25, -0.2) is 4.79 Å². The Morgan fingerprint density at radius 1 is 0.889 bits per heavy atom. The van der Waals surface area contributed by atoms with Crippen LogP contribution < -0.4 is 0 Å². The molecule has 3 heterocycles. The molecule has 0 aromatic heterocycles. The van der Waals surface area contributed by atoms with Crippen molar-refractivity contribution in [1.82, 2.24) is 4.90 Å². The van der Waals surface area contributed by atoms with E-state index in [-0.39, 0.29) is 48.4 Å². The molecule has 0 spiro atoms. The van der Waals surface area contributed by atoms with E-state index in [1.807, 2.05) is 51.2 Å². The number of hydrogen-bond donors (Lipinski definition) is 4. The zero-order chi connectivity index (χ0) is 53.7. The van der Waals surface area contributed by atoms with Crippen molar-refractivity contribution in [1.29, 1.82) is 0 Å². The number of rotatable bonds is 10. The van der Waals surface area contributed by atoms with Crippen LogP contribution in [0.15, 0.2) is 47.6 Å². The molecule has 0 aromatic carbocycles. The number of carbonyl (C=O) groups is 6. The number of allylic oxidation sites excluding steroid dienone is 6. The van der Waals surface area contributed by atoms with Gasteiger partial charge in [0, 0.05) is 58.5 Å². The Morgan fingerprint density at radius 3 is 2.22 bits per heavy atom. The highest BCUT2D eigenvalue weighted by molar-refractivity contribution is 6.39. The van der Waals surface area contributed by atoms with Gasteiger partial charge in [0.25, 0.3) is 11.7 Å². The maximum Gasteiger partial charge on any atom is 0.329 e. The summed E-state index contributed by atoms with van der Waals surface area (Å²) in [5.74, 6) is -9.33. The third-order valence-electron chi connectivity index (χ3n) is 15.7. The fourth-order valence-corrected chi connectivity index (χ4v) is 10.5. The number of ether oxygens (including phenoxy) is 6. The lowest BCUT2D eigenvalue weighted by Gasteiger charge is -2.41. The van der Waals surface area contributed by atoms with Crippen LogP contribution >= 0.6 is 0 Å². The molecule has 17 nitrogen and oxygen atoms in total. The van der Waals surface area contributed by atoms with Crippen molar-refractivity contribution < 1.29 is 77.6 Å². The van der Waals surface area contributed by atoms with Crippen LogP contribution in [0, 0.1) is 40.9 Å². The summed E-state index contributed by atoms with van der Waals surface area (Å²) >= 11 is 0.